The largest absolute Gasteiger partial charge is 0.490 e. The monoisotopic (exact) mass is 429 g/mol. The Morgan fingerprint density at radius 2 is 1.77 bits per heavy atom. The molecule has 0 saturated carbocycles. The van der Waals surface area contributed by atoms with Crippen LogP contribution in [0.1, 0.15) is 32.4 Å². The van der Waals surface area contributed by atoms with Crippen molar-refractivity contribution in [2.45, 2.75) is 33.4 Å². The summed E-state index contributed by atoms with van der Waals surface area (Å²) in [5.74, 6) is 0.973. The third-order valence-electron chi connectivity index (χ3n) is 4.98. The number of hydrogen-bond donors (Lipinski definition) is 1. The first kappa shape index (κ1) is 22.1. The minimum absolute atomic E-state index is 0.108. The van der Waals surface area contributed by atoms with E-state index in [0.29, 0.717) is 24.7 Å². The summed E-state index contributed by atoms with van der Waals surface area (Å²) >= 11 is 0. The average molecular weight is 429 g/mol. The fourth-order valence-electron chi connectivity index (χ4n) is 3.38. The number of nitrogens with zero attached hydrogens (tertiary/aromatic N) is 4. The van der Waals surface area contributed by atoms with E-state index in [1.807, 2.05) is 39.0 Å². The fourth-order valence-corrected chi connectivity index (χ4v) is 3.38. The van der Waals surface area contributed by atoms with E-state index in [1.54, 1.807) is 0 Å². The number of ether oxygens (including phenoxy) is 2. The van der Waals surface area contributed by atoms with Crippen LogP contribution in [0, 0.1) is 0 Å². The molecule has 1 amide bonds. The lowest BCUT2D eigenvalue weighted by molar-refractivity contribution is -0.122. The van der Waals surface area contributed by atoms with Crippen LogP contribution in [0.15, 0.2) is 34.1 Å². The average Bonchev–Trinajstić information content (AvgIpc) is 3.15. The van der Waals surface area contributed by atoms with Gasteiger partial charge < -0.3 is 19.4 Å². The summed E-state index contributed by atoms with van der Waals surface area (Å²) in [6, 6.07) is 5.23. The second-order valence-electron chi connectivity index (χ2n) is 7.11. The maximum Gasteiger partial charge on any atom is 0.332 e. The van der Waals surface area contributed by atoms with Crippen LogP contribution in [0.2, 0.25) is 0 Å². The van der Waals surface area contributed by atoms with Gasteiger partial charge in [0.05, 0.1) is 25.6 Å². The molecule has 0 fully saturated rings. The zero-order chi connectivity index (χ0) is 22.7. The number of carbonyl (C=O) groups excluding carboxylic acids is 1. The Labute approximate surface area is 179 Å². The molecular weight excluding hydrogens is 402 g/mol. The number of aryl methyl sites for hydroxylation is 1. The van der Waals surface area contributed by atoms with E-state index in [0.717, 1.165) is 10.1 Å². The number of carbonyl (C=O) groups is 1. The zero-order valence-electron chi connectivity index (χ0n) is 18.3. The number of amides is 1. The first-order valence-corrected chi connectivity index (χ1v) is 10.1. The van der Waals surface area contributed by atoms with Crippen LogP contribution in [0.3, 0.4) is 0 Å². The SMILES string of the molecule is CCOc1ccc(C(C)NC(=O)Cn2cnc3c2c(=O)n(C)c(=O)n3C)cc1OCC. The summed E-state index contributed by atoms with van der Waals surface area (Å²) in [6.45, 7) is 6.56. The van der Waals surface area contributed by atoms with Crippen molar-refractivity contribution in [2.75, 3.05) is 13.2 Å². The second-order valence-corrected chi connectivity index (χ2v) is 7.11. The molecule has 10 heteroatoms. The van der Waals surface area contributed by atoms with Crippen molar-refractivity contribution in [3.8, 4) is 11.5 Å². The molecule has 0 aliphatic rings. The molecule has 31 heavy (non-hydrogen) atoms. The molecule has 10 nitrogen and oxygen atoms in total. The van der Waals surface area contributed by atoms with Crippen LogP contribution >= 0.6 is 0 Å². The number of nitrogens with one attached hydrogen (secondary N) is 1. The number of aromatic nitrogens is 4. The van der Waals surface area contributed by atoms with Gasteiger partial charge in [0.1, 0.15) is 6.54 Å². The molecule has 2 heterocycles. The van der Waals surface area contributed by atoms with Gasteiger partial charge in [0.2, 0.25) is 5.91 Å². The molecule has 0 aliphatic heterocycles. The standard InChI is InChI=1S/C21H27N5O5/c1-6-30-15-9-8-14(10-16(15)31-7-2)13(3)23-17(27)11-26-12-22-19-18(26)20(28)25(5)21(29)24(19)4/h8-10,12-13H,6-7,11H2,1-5H3,(H,23,27). The minimum Gasteiger partial charge on any atom is -0.490 e. The molecule has 0 radical (unpaired) electrons. The molecule has 3 aromatic rings. The summed E-state index contributed by atoms with van der Waals surface area (Å²) < 4.78 is 15.0. The zero-order valence-corrected chi connectivity index (χ0v) is 18.3. The normalized spacial score (nSPS) is 12.0. The van der Waals surface area contributed by atoms with Gasteiger partial charge in [-0.1, -0.05) is 6.07 Å². The van der Waals surface area contributed by atoms with Crippen molar-refractivity contribution in [3.63, 3.8) is 0 Å². The summed E-state index contributed by atoms with van der Waals surface area (Å²) in [4.78, 5) is 41.4. The second kappa shape index (κ2) is 9.07. The van der Waals surface area contributed by atoms with Gasteiger partial charge in [0.25, 0.3) is 5.56 Å². The molecular formula is C21H27N5O5. The molecule has 0 bridgehead atoms. The molecule has 0 saturated heterocycles. The van der Waals surface area contributed by atoms with Gasteiger partial charge in [-0.15, -0.1) is 0 Å². The van der Waals surface area contributed by atoms with Crippen LogP contribution in [-0.4, -0.2) is 37.8 Å². The summed E-state index contributed by atoms with van der Waals surface area (Å²) in [5.41, 5.74) is 0.328. The van der Waals surface area contributed by atoms with Crippen LogP contribution in [0.25, 0.3) is 11.2 Å². The Kier molecular flexibility index (Phi) is 6.47. The van der Waals surface area contributed by atoms with Crippen molar-refractivity contribution in [1.29, 1.82) is 0 Å². The highest BCUT2D eigenvalue weighted by molar-refractivity contribution is 5.79. The number of imidazole rings is 1. The van der Waals surface area contributed by atoms with Crippen molar-refractivity contribution < 1.29 is 14.3 Å². The fraction of sp³-hybridized carbons (Fsp3) is 0.429. The van der Waals surface area contributed by atoms with E-state index in [1.165, 1.54) is 29.6 Å². The van der Waals surface area contributed by atoms with Gasteiger partial charge in [0.15, 0.2) is 22.7 Å². The molecule has 0 aliphatic carbocycles. The first-order valence-electron chi connectivity index (χ1n) is 10.1. The van der Waals surface area contributed by atoms with Crippen LogP contribution < -0.4 is 26.0 Å². The van der Waals surface area contributed by atoms with E-state index in [-0.39, 0.29) is 29.7 Å². The van der Waals surface area contributed by atoms with E-state index in [9.17, 15) is 14.4 Å². The Morgan fingerprint density at radius 3 is 2.45 bits per heavy atom. The molecule has 2 aromatic heterocycles. The summed E-state index contributed by atoms with van der Waals surface area (Å²) in [6.07, 6.45) is 1.39. The van der Waals surface area contributed by atoms with Crippen molar-refractivity contribution in [3.05, 3.63) is 50.9 Å². The lowest BCUT2D eigenvalue weighted by Gasteiger charge is -2.18. The highest BCUT2D eigenvalue weighted by Gasteiger charge is 2.18. The highest BCUT2D eigenvalue weighted by Crippen LogP contribution is 2.30. The van der Waals surface area contributed by atoms with E-state index in [2.05, 4.69) is 10.3 Å². The molecule has 1 N–H and O–H groups in total. The quantitative estimate of drug-likeness (QED) is 0.575. The summed E-state index contributed by atoms with van der Waals surface area (Å²) in [5, 5.41) is 2.92. The third kappa shape index (κ3) is 4.32. The van der Waals surface area contributed by atoms with Gasteiger partial charge in [-0.2, -0.15) is 0 Å². The maximum absolute atomic E-state index is 12.7. The Morgan fingerprint density at radius 1 is 1.10 bits per heavy atom. The molecule has 1 unspecified atom stereocenters. The van der Waals surface area contributed by atoms with E-state index < -0.39 is 11.2 Å². The van der Waals surface area contributed by atoms with Gasteiger partial charge in [-0.05, 0) is 38.5 Å². The molecule has 1 atom stereocenters. The Hall–Kier alpha value is -3.56. The summed E-state index contributed by atoms with van der Waals surface area (Å²) in [7, 11) is 2.93. The number of benzene rings is 1. The van der Waals surface area contributed by atoms with Crippen molar-refractivity contribution >= 4 is 17.1 Å². The predicted molar refractivity (Wildman–Crippen MR) is 116 cm³/mol. The maximum atomic E-state index is 12.7. The molecule has 1 aromatic carbocycles. The topological polar surface area (TPSA) is 109 Å². The van der Waals surface area contributed by atoms with E-state index in [4.69, 9.17) is 9.47 Å². The molecule has 0 spiro atoms. The third-order valence-corrected chi connectivity index (χ3v) is 4.98. The number of fused-ring (bicyclic) bond motifs is 1. The van der Waals surface area contributed by atoms with Crippen LogP contribution in [0.4, 0.5) is 0 Å². The first-order chi connectivity index (χ1) is 14.8. The predicted octanol–water partition coefficient (Wildman–Crippen LogP) is 1.11. The van der Waals surface area contributed by atoms with Crippen molar-refractivity contribution in [1.82, 2.24) is 24.0 Å². The smallest absolute Gasteiger partial charge is 0.332 e. The van der Waals surface area contributed by atoms with E-state index >= 15 is 0 Å². The van der Waals surface area contributed by atoms with Gasteiger partial charge in [0, 0.05) is 14.1 Å². The molecule has 166 valence electrons. The van der Waals surface area contributed by atoms with Gasteiger partial charge >= 0.3 is 5.69 Å². The lowest BCUT2D eigenvalue weighted by atomic mass is 10.1. The number of hydrogen-bond acceptors (Lipinski definition) is 6. The van der Waals surface area contributed by atoms with Gasteiger partial charge in [-0.3, -0.25) is 18.7 Å². The van der Waals surface area contributed by atoms with Gasteiger partial charge in [-0.25, -0.2) is 9.78 Å². The van der Waals surface area contributed by atoms with Crippen LogP contribution in [0.5, 0.6) is 11.5 Å². The van der Waals surface area contributed by atoms with Crippen LogP contribution in [-0.2, 0) is 25.4 Å². The Bertz CT molecular complexity index is 1220. The number of rotatable bonds is 8. The highest BCUT2D eigenvalue weighted by atomic mass is 16.5. The van der Waals surface area contributed by atoms with Crippen molar-refractivity contribution in [2.24, 2.45) is 14.1 Å². The Balaban J connectivity index is 1.81. The lowest BCUT2D eigenvalue weighted by Crippen LogP contribution is -2.38. The minimum atomic E-state index is -0.496. The molecule has 3 rings (SSSR count).